The summed E-state index contributed by atoms with van der Waals surface area (Å²) < 4.78 is 18.3. The van der Waals surface area contributed by atoms with Gasteiger partial charge in [-0.25, -0.2) is 4.39 Å². The van der Waals surface area contributed by atoms with E-state index in [1.807, 2.05) is 24.3 Å². The molecular formula is C18H15FN4O2. The maximum absolute atomic E-state index is 13.1. The van der Waals surface area contributed by atoms with E-state index in [4.69, 9.17) is 4.74 Å². The molecule has 0 bridgehead atoms. The number of carbonyl (C=O) groups is 1. The molecule has 126 valence electrons. The average molecular weight is 338 g/mol. The molecule has 0 unspecified atom stereocenters. The van der Waals surface area contributed by atoms with Crippen LogP contribution < -0.4 is 15.4 Å². The van der Waals surface area contributed by atoms with Gasteiger partial charge in [-0.3, -0.25) is 4.79 Å². The standard InChI is InChI=1S/C18H15FN4O2/c1-25-15-7-3-6-14(11-15)20-17-9-8-16(22-23-17)18(24)21-13-5-2-4-12(19)10-13/h2-11H,1H3,(H,20,23)(H,21,24). The van der Waals surface area contributed by atoms with Crippen LogP contribution >= 0.6 is 0 Å². The minimum atomic E-state index is -0.467. The quantitative estimate of drug-likeness (QED) is 0.743. The third-order valence-corrected chi connectivity index (χ3v) is 3.32. The minimum absolute atomic E-state index is 0.125. The van der Waals surface area contributed by atoms with Crippen molar-refractivity contribution < 1.29 is 13.9 Å². The van der Waals surface area contributed by atoms with Crippen LogP contribution in [0.15, 0.2) is 60.7 Å². The van der Waals surface area contributed by atoms with Crippen LogP contribution in [-0.4, -0.2) is 23.2 Å². The van der Waals surface area contributed by atoms with Gasteiger partial charge in [-0.15, -0.1) is 10.2 Å². The molecule has 0 fully saturated rings. The van der Waals surface area contributed by atoms with Gasteiger partial charge in [-0.05, 0) is 42.5 Å². The number of amides is 1. The maximum atomic E-state index is 13.1. The summed E-state index contributed by atoms with van der Waals surface area (Å²) in [6, 6.07) is 16.1. The van der Waals surface area contributed by atoms with Crippen molar-refractivity contribution in [3.05, 3.63) is 72.2 Å². The molecular weight excluding hydrogens is 323 g/mol. The summed E-state index contributed by atoms with van der Waals surface area (Å²) in [6.07, 6.45) is 0. The number of nitrogens with zero attached hydrogens (tertiary/aromatic N) is 2. The Kier molecular flexibility index (Phi) is 4.84. The number of methoxy groups -OCH3 is 1. The van der Waals surface area contributed by atoms with Crippen molar-refractivity contribution in [3.8, 4) is 5.75 Å². The van der Waals surface area contributed by atoms with E-state index >= 15 is 0 Å². The molecule has 0 aliphatic rings. The van der Waals surface area contributed by atoms with Gasteiger partial charge in [-0.2, -0.15) is 0 Å². The van der Waals surface area contributed by atoms with Crippen molar-refractivity contribution in [3.63, 3.8) is 0 Å². The van der Waals surface area contributed by atoms with Crippen molar-refractivity contribution in [1.29, 1.82) is 0 Å². The van der Waals surface area contributed by atoms with Gasteiger partial charge in [0.05, 0.1) is 7.11 Å². The summed E-state index contributed by atoms with van der Waals surface area (Å²) in [4.78, 5) is 12.1. The van der Waals surface area contributed by atoms with Crippen LogP contribution in [0.4, 0.5) is 21.6 Å². The second-order valence-electron chi connectivity index (χ2n) is 5.13. The van der Waals surface area contributed by atoms with Crippen molar-refractivity contribution in [1.82, 2.24) is 10.2 Å². The van der Waals surface area contributed by atoms with Gasteiger partial charge in [-0.1, -0.05) is 12.1 Å². The second-order valence-corrected chi connectivity index (χ2v) is 5.13. The molecule has 0 saturated carbocycles. The van der Waals surface area contributed by atoms with Gasteiger partial charge in [0.2, 0.25) is 0 Å². The normalized spacial score (nSPS) is 10.2. The van der Waals surface area contributed by atoms with E-state index in [1.165, 1.54) is 24.3 Å². The lowest BCUT2D eigenvalue weighted by atomic mass is 10.3. The van der Waals surface area contributed by atoms with Crippen molar-refractivity contribution in [2.45, 2.75) is 0 Å². The van der Waals surface area contributed by atoms with E-state index in [0.717, 1.165) is 5.69 Å². The number of ether oxygens (including phenoxy) is 1. The van der Waals surface area contributed by atoms with E-state index in [2.05, 4.69) is 20.8 Å². The Morgan fingerprint density at radius 1 is 1.00 bits per heavy atom. The number of aromatic nitrogens is 2. The zero-order valence-electron chi connectivity index (χ0n) is 13.4. The van der Waals surface area contributed by atoms with E-state index < -0.39 is 11.7 Å². The molecule has 2 N–H and O–H groups in total. The molecule has 1 aromatic heterocycles. The Labute approximate surface area is 143 Å². The Morgan fingerprint density at radius 3 is 2.52 bits per heavy atom. The lowest BCUT2D eigenvalue weighted by Crippen LogP contribution is -2.14. The molecule has 6 nitrogen and oxygen atoms in total. The SMILES string of the molecule is COc1cccc(Nc2ccc(C(=O)Nc3cccc(F)c3)nn2)c1. The highest BCUT2D eigenvalue weighted by molar-refractivity contribution is 6.02. The second kappa shape index (κ2) is 7.39. The lowest BCUT2D eigenvalue weighted by Gasteiger charge is -2.08. The van der Waals surface area contributed by atoms with Crippen LogP contribution in [-0.2, 0) is 0 Å². The molecule has 0 spiro atoms. The van der Waals surface area contributed by atoms with Gasteiger partial charge in [0, 0.05) is 17.4 Å². The van der Waals surface area contributed by atoms with Gasteiger partial charge in [0.15, 0.2) is 11.5 Å². The fourth-order valence-electron chi connectivity index (χ4n) is 2.13. The molecule has 3 rings (SSSR count). The Bertz CT molecular complexity index is 884. The molecule has 0 aliphatic heterocycles. The fourth-order valence-corrected chi connectivity index (χ4v) is 2.13. The molecule has 0 atom stereocenters. The molecule has 3 aromatic rings. The summed E-state index contributed by atoms with van der Waals surface area (Å²) in [7, 11) is 1.59. The summed E-state index contributed by atoms with van der Waals surface area (Å²) in [5, 5.41) is 13.5. The number of hydrogen-bond donors (Lipinski definition) is 2. The number of anilines is 3. The highest BCUT2D eigenvalue weighted by Gasteiger charge is 2.09. The first kappa shape index (κ1) is 16.4. The van der Waals surface area contributed by atoms with Crippen LogP contribution in [0.3, 0.4) is 0 Å². The predicted molar refractivity (Wildman–Crippen MR) is 92.7 cm³/mol. The Morgan fingerprint density at radius 2 is 1.80 bits per heavy atom. The van der Waals surface area contributed by atoms with E-state index in [1.54, 1.807) is 19.2 Å². The first-order valence-corrected chi connectivity index (χ1v) is 7.46. The van der Waals surface area contributed by atoms with Crippen molar-refractivity contribution in [2.24, 2.45) is 0 Å². The number of hydrogen-bond acceptors (Lipinski definition) is 5. The van der Waals surface area contributed by atoms with Crippen molar-refractivity contribution in [2.75, 3.05) is 17.7 Å². The number of carbonyl (C=O) groups excluding carboxylic acids is 1. The van der Waals surface area contributed by atoms with Crippen LogP contribution in [0, 0.1) is 5.82 Å². The van der Waals surface area contributed by atoms with Crippen LogP contribution in [0.5, 0.6) is 5.75 Å². The molecule has 0 radical (unpaired) electrons. The van der Waals surface area contributed by atoms with Crippen molar-refractivity contribution >= 4 is 23.1 Å². The van der Waals surface area contributed by atoms with Gasteiger partial charge < -0.3 is 15.4 Å². The van der Waals surface area contributed by atoms with E-state index in [-0.39, 0.29) is 5.69 Å². The summed E-state index contributed by atoms with van der Waals surface area (Å²) in [6.45, 7) is 0. The molecule has 2 aromatic carbocycles. The highest BCUT2D eigenvalue weighted by atomic mass is 19.1. The molecule has 0 saturated heterocycles. The number of rotatable bonds is 5. The molecule has 1 amide bonds. The number of halogens is 1. The first-order chi connectivity index (χ1) is 12.1. The Balaban J connectivity index is 1.68. The topological polar surface area (TPSA) is 76.1 Å². The molecule has 0 aliphatic carbocycles. The summed E-state index contributed by atoms with van der Waals surface area (Å²) >= 11 is 0. The molecule has 1 heterocycles. The zero-order valence-corrected chi connectivity index (χ0v) is 13.4. The minimum Gasteiger partial charge on any atom is -0.497 e. The highest BCUT2D eigenvalue weighted by Crippen LogP contribution is 2.20. The van der Waals surface area contributed by atoms with Gasteiger partial charge in [0.1, 0.15) is 11.6 Å². The van der Waals surface area contributed by atoms with Crippen LogP contribution in [0.25, 0.3) is 0 Å². The predicted octanol–water partition coefficient (Wildman–Crippen LogP) is 3.62. The van der Waals surface area contributed by atoms with E-state index in [0.29, 0.717) is 17.3 Å². The summed E-state index contributed by atoms with van der Waals surface area (Å²) in [5.74, 6) is 0.298. The molecule has 7 heteroatoms. The maximum Gasteiger partial charge on any atom is 0.276 e. The van der Waals surface area contributed by atoms with Crippen LogP contribution in [0.2, 0.25) is 0 Å². The zero-order chi connectivity index (χ0) is 17.6. The largest absolute Gasteiger partial charge is 0.497 e. The van der Waals surface area contributed by atoms with Gasteiger partial charge >= 0.3 is 0 Å². The third-order valence-electron chi connectivity index (χ3n) is 3.32. The van der Waals surface area contributed by atoms with E-state index in [9.17, 15) is 9.18 Å². The first-order valence-electron chi connectivity index (χ1n) is 7.46. The van der Waals surface area contributed by atoms with Crippen LogP contribution in [0.1, 0.15) is 10.5 Å². The lowest BCUT2D eigenvalue weighted by molar-refractivity contribution is 0.102. The summed E-state index contributed by atoms with van der Waals surface area (Å²) in [5.41, 5.74) is 1.26. The third kappa shape index (κ3) is 4.29. The smallest absolute Gasteiger partial charge is 0.276 e. The molecule has 25 heavy (non-hydrogen) atoms. The fraction of sp³-hybridized carbons (Fsp3) is 0.0556. The number of nitrogens with one attached hydrogen (secondary N) is 2. The number of benzene rings is 2. The average Bonchev–Trinajstić information content (AvgIpc) is 2.62. The Hall–Kier alpha value is -3.48. The monoisotopic (exact) mass is 338 g/mol. The van der Waals surface area contributed by atoms with Gasteiger partial charge in [0.25, 0.3) is 5.91 Å².